The van der Waals surface area contributed by atoms with Gasteiger partial charge in [0, 0.05) is 22.6 Å². The standard InChI is InChI=1S/C19H24N2O3/c1-3-12(2)20-18(22)11-24-19(23)13-8-9-17-15(10-13)14-6-4-5-7-16(14)21-17/h8-10,12,21H,3-7,11H2,1-2H3,(H,20,22)/t12-/m0/s1. The molecule has 2 aromatic rings. The van der Waals surface area contributed by atoms with Gasteiger partial charge in [0.1, 0.15) is 0 Å². The monoisotopic (exact) mass is 328 g/mol. The van der Waals surface area contributed by atoms with Crippen LogP contribution < -0.4 is 5.32 Å². The SMILES string of the molecule is CC[C@H](C)NC(=O)COC(=O)c1ccc2[nH]c3c(c2c1)CCCC3. The van der Waals surface area contributed by atoms with Crippen molar-refractivity contribution in [3.05, 3.63) is 35.0 Å². The van der Waals surface area contributed by atoms with Crippen molar-refractivity contribution in [3.63, 3.8) is 0 Å². The molecule has 0 saturated carbocycles. The van der Waals surface area contributed by atoms with Crippen LogP contribution in [0.4, 0.5) is 0 Å². The first-order chi connectivity index (χ1) is 11.6. The van der Waals surface area contributed by atoms with E-state index in [-0.39, 0.29) is 18.6 Å². The first-order valence-electron chi connectivity index (χ1n) is 8.68. The molecule has 128 valence electrons. The molecule has 0 saturated heterocycles. The van der Waals surface area contributed by atoms with Gasteiger partial charge in [0.15, 0.2) is 6.61 Å². The minimum atomic E-state index is -0.457. The average molecular weight is 328 g/mol. The lowest BCUT2D eigenvalue weighted by Crippen LogP contribution is -2.35. The van der Waals surface area contributed by atoms with E-state index < -0.39 is 5.97 Å². The normalized spacial score (nSPS) is 14.9. The number of amides is 1. The predicted octanol–water partition coefficient (Wildman–Crippen LogP) is 3.12. The Hall–Kier alpha value is -2.30. The zero-order chi connectivity index (χ0) is 17.1. The molecule has 3 rings (SSSR count). The quantitative estimate of drug-likeness (QED) is 0.829. The minimum absolute atomic E-state index is 0.0823. The molecule has 1 aliphatic rings. The highest BCUT2D eigenvalue weighted by Crippen LogP contribution is 2.29. The fourth-order valence-electron chi connectivity index (χ4n) is 3.17. The first kappa shape index (κ1) is 16.6. The van der Waals surface area contributed by atoms with E-state index in [2.05, 4.69) is 10.3 Å². The Bertz CT molecular complexity index is 763. The molecule has 1 atom stereocenters. The van der Waals surface area contributed by atoms with Gasteiger partial charge in [-0.25, -0.2) is 4.79 Å². The molecule has 0 spiro atoms. The molecule has 0 aliphatic heterocycles. The van der Waals surface area contributed by atoms with Crippen LogP contribution in [0.3, 0.4) is 0 Å². The lowest BCUT2D eigenvalue weighted by molar-refractivity contribution is -0.124. The molecule has 0 unspecified atom stereocenters. The predicted molar refractivity (Wildman–Crippen MR) is 93.1 cm³/mol. The number of carbonyl (C=O) groups excluding carboxylic acids is 2. The maximum Gasteiger partial charge on any atom is 0.338 e. The highest BCUT2D eigenvalue weighted by Gasteiger charge is 2.18. The van der Waals surface area contributed by atoms with Gasteiger partial charge in [-0.2, -0.15) is 0 Å². The van der Waals surface area contributed by atoms with E-state index in [9.17, 15) is 9.59 Å². The molecular weight excluding hydrogens is 304 g/mol. The second-order valence-electron chi connectivity index (χ2n) is 6.50. The minimum Gasteiger partial charge on any atom is -0.452 e. The zero-order valence-corrected chi connectivity index (χ0v) is 14.3. The Morgan fingerprint density at radius 1 is 1.29 bits per heavy atom. The molecule has 0 fully saturated rings. The van der Waals surface area contributed by atoms with E-state index in [4.69, 9.17) is 4.74 Å². The van der Waals surface area contributed by atoms with Gasteiger partial charge >= 0.3 is 5.97 Å². The summed E-state index contributed by atoms with van der Waals surface area (Å²) in [6, 6.07) is 5.63. The number of aromatic nitrogens is 1. The second kappa shape index (κ2) is 7.07. The molecule has 0 radical (unpaired) electrons. The van der Waals surface area contributed by atoms with Crippen LogP contribution in [0.15, 0.2) is 18.2 Å². The molecule has 2 N–H and O–H groups in total. The number of ether oxygens (including phenoxy) is 1. The summed E-state index contributed by atoms with van der Waals surface area (Å²) in [6.45, 7) is 3.67. The van der Waals surface area contributed by atoms with Crippen LogP contribution in [0.1, 0.15) is 54.7 Å². The van der Waals surface area contributed by atoms with Gasteiger partial charge in [-0.15, -0.1) is 0 Å². The van der Waals surface area contributed by atoms with Gasteiger partial charge in [0.25, 0.3) is 5.91 Å². The molecule has 5 heteroatoms. The number of aromatic amines is 1. The van der Waals surface area contributed by atoms with Crippen molar-refractivity contribution in [1.82, 2.24) is 10.3 Å². The van der Waals surface area contributed by atoms with Gasteiger partial charge in [-0.1, -0.05) is 6.92 Å². The number of esters is 1. The molecule has 24 heavy (non-hydrogen) atoms. The lowest BCUT2D eigenvalue weighted by Gasteiger charge is -2.12. The number of carbonyl (C=O) groups is 2. The summed E-state index contributed by atoms with van der Waals surface area (Å²) >= 11 is 0. The van der Waals surface area contributed by atoms with Crippen LogP contribution in [-0.4, -0.2) is 29.5 Å². The van der Waals surface area contributed by atoms with E-state index in [1.165, 1.54) is 24.1 Å². The first-order valence-corrected chi connectivity index (χ1v) is 8.68. The summed E-state index contributed by atoms with van der Waals surface area (Å²) in [6.07, 6.45) is 5.35. The molecule has 5 nitrogen and oxygen atoms in total. The summed E-state index contributed by atoms with van der Waals surface area (Å²) in [5.74, 6) is -0.722. The van der Waals surface area contributed by atoms with Gasteiger partial charge < -0.3 is 15.0 Å². The zero-order valence-electron chi connectivity index (χ0n) is 14.3. The van der Waals surface area contributed by atoms with Gasteiger partial charge in [-0.3, -0.25) is 4.79 Å². The Balaban J connectivity index is 1.70. The van der Waals surface area contributed by atoms with E-state index in [0.717, 1.165) is 30.2 Å². The molecule has 1 aliphatic carbocycles. The summed E-state index contributed by atoms with van der Waals surface area (Å²) in [4.78, 5) is 27.4. The Kier molecular flexibility index (Phi) is 4.88. The Labute approximate surface area is 141 Å². The number of aryl methyl sites for hydroxylation is 2. The maximum atomic E-state index is 12.2. The molecule has 0 bridgehead atoms. The molecule has 1 amide bonds. The van der Waals surface area contributed by atoms with Crippen molar-refractivity contribution in [2.45, 2.75) is 52.0 Å². The molecule has 1 aromatic heterocycles. The smallest absolute Gasteiger partial charge is 0.338 e. The van der Waals surface area contributed by atoms with E-state index in [1.54, 1.807) is 6.07 Å². The molecular formula is C19H24N2O3. The van der Waals surface area contributed by atoms with E-state index in [1.807, 2.05) is 26.0 Å². The summed E-state index contributed by atoms with van der Waals surface area (Å²) in [5.41, 5.74) is 4.16. The third kappa shape index (κ3) is 3.45. The number of benzene rings is 1. The maximum absolute atomic E-state index is 12.2. The van der Waals surface area contributed by atoms with Crippen LogP contribution >= 0.6 is 0 Å². The summed E-state index contributed by atoms with van der Waals surface area (Å²) in [5, 5.41) is 3.88. The van der Waals surface area contributed by atoms with Crippen molar-refractivity contribution in [2.24, 2.45) is 0 Å². The summed E-state index contributed by atoms with van der Waals surface area (Å²) < 4.78 is 5.14. The number of hydrogen-bond acceptors (Lipinski definition) is 3. The Morgan fingerprint density at radius 2 is 2.08 bits per heavy atom. The van der Waals surface area contributed by atoms with Crippen LogP contribution in [-0.2, 0) is 22.4 Å². The fourth-order valence-corrected chi connectivity index (χ4v) is 3.17. The van der Waals surface area contributed by atoms with Crippen molar-refractivity contribution in [1.29, 1.82) is 0 Å². The lowest BCUT2D eigenvalue weighted by atomic mass is 9.95. The van der Waals surface area contributed by atoms with Crippen molar-refractivity contribution >= 4 is 22.8 Å². The molecule has 1 heterocycles. The largest absolute Gasteiger partial charge is 0.452 e. The van der Waals surface area contributed by atoms with Crippen molar-refractivity contribution in [2.75, 3.05) is 6.61 Å². The third-order valence-corrected chi connectivity index (χ3v) is 4.69. The molecule has 1 aromatic carbocycles. The number of nitrogens with one attached hydrogen (secondary N) is 2. The fraction of sp³-hybridized carbons (Fsp3) is 0.474. The number of H-pyrrole nitrogens is 1. The highest BCUT2D eigenvalue weighted by molar-refractivity contribution is 5.97. The number of fused-ring (bicyclic) bond motifs is 3. The second-order valence-corrected chi connectivity index (χ2v) is 6.50. The Morgan fingerprint density at radius 3 is 2.88 bits per heavy atom. The number of rotatable bonds is 5. The number of hydrogen-bond donors (Lipinski definition) is 2. The van der Waals surface area contributed by atoms with Crippen LogP contribution in [0.2, 0.25) is 0 Å². The van der Waals surface area contributed by atoms with Gasteiger partial charge in [0.2, 0.25) is 0 Å². The van der Waals surface area contributed by atoms with E-state index in [0.29, 0.717) is 5.56 Å². The van der Waals surface area contributed by atoms with Crippen molar-refractivity contribution in [3.8, 4) is 0 Å². The van der Waals surface area contributed by atoms with Gasteiger partial charge in [0.05, 0.1) is 5.56 Å². The average Bonchev–Trinajstić information content (AvgIpc) is 2.97. The van der Waals surface area contributed by atoms with Crippen LogP contribution in [0.25, 0.3) is 10.9 Å². The third-order valence-electron chi connectivity index (χ3n) is 4.69. The van der Waals surface area contributed by atoms with Crippen molar-refractivity contribution < 1.29 is 14.3 Å². The van der Waals surface area contributed by atoms with Crippen LogP contribution in [0, 0.1) is 0 Å². The topological polar surface area (TPSA) is 71.2 Å². The summed E-state index contributed by atoms with van der Waals surface area (Å²) in [7, 11) is 0. The highest BCUT2D eigenvalue weighted by atomic mass is 16.5. The van der Waals surface area contributed by atoms with E-state index >= 15 is 0 Å². The van der Waals surface area contributed by atoms with Gasteiger partial charge in [-0.05, 0) is 62.8 Å². The van der Waals surface area contributed by atoms with Crippen LogP contribution in [0.5, 0.6) is 0 Å².